The molecule has 37 heavy (non-hydrogen) atoms. The molecule has 0 radical (unpaired) electrons. The van der Waals surface area contributed by atoms with Gasteiger partial charge >= 0.3 is 0 Å². The molecule has 4 aromatic rings. The van der Waals surface area contributed by atoms with E-state index in [1.807, 2.05) is 6.92 Å². The first-order chi connectivity index (χ1) is 17.7. The summed E-state index contributed by atoms with van der Waals surface area (Å²) < 4.78 is 35.0. The molecule has 0 saturated carbocycles. The molecule has 0 bridgehead atoms. The fourth-order valence-electron chi connectivity index (χ4n) is 3.63. The molecule has 0 N–H and O–H groups in total. The van der Waals surface area contributed by atoms with Gasteiger partial charge in [0.1, 0.15) is 0 Å². The Morgan fingerprint density at radius 1 is 1.11 bits per heavy atom. The molecule has 0 aliphatic rings. The van der Waals surface area contributed by atoms with Crippen LogP contribution in [0.5, 0.6) is 0 Å². The molecule has 3 aromatic carbocycles. The lowest BCUT2D eigenvalue weighted by molar-refractivity contribution is -0.384. The predicted octanol–water partition coefficient (Wildman–Crippen LogP) is 4.21. The van der Waals surface area contributed by atoms with E-state index in [2.05, 4.69) is 4.99 Å². The first-order valence-corrected chi connectivity index (χ1v) is 13.6. The number of nitro groups is 1. The Balaban J connectivity index is 1.66. The number of sulfonamides is 1. The average molecular weight is 541 g/mol. The summed E-state index contributed by atoms with van der Waals surface area (Å²) in [6.07, 6.45) is 0. The zero-order valence-corrected chi connectivity index (χ0v) is 21.7. The van der Waals surface area contributed by atoms with Crippen LogP contribution in [0.15, 0.2) is 82.7 Å². The van der Waals surface area contributed by atoms with E-state index in [1.54, 1.807) is 41.0 Å². The number of ether oxygens (including phenoxy) is 1. The molecule has 12 heteroatoms. The number of anilines is 1. The number of carbonyl (C=O) groups is 1. The van der Waals surface area contributed by atoms with E-state index in [1.165, 1.54) is 47.8 Å². The van der Waals surface area contributed by atoms with Gasteiger partial charge in [-0.05, 0) is 49.4 Å². The van der Waals surface area contributed by atoms with Crippen LogP contribution in [-0.4, -0.2) is 44.1 Å². The van der Waals surface area contributed by atoms with Crippen LogP contribution in [0.2, 0.25) is 0 Å². The Kier molecular flexibility index (Phi) is 7.81. The van der Waals surface area contributed by atoms with Gasteiger partial charge in [0.2, 0.25) is 0 Å². The number of hydrogen-bond acceptors (Lipinski definition) is 7. The number of carbonyl (C=O) groups excluding carboxylic acids is 1. The van der Waals surface area contributed by atoms with Gasteiger partial charge in [0.05, 0.1) is 32.3 Å². The first kappa shape index (κ1) is 26.2. The fourth-order valence-corrected chi connectivity index (χ4v) is 5.92. The lowest BCUT2D eigenvalue weighted by Crippen LogP contribution is -2.26. The van der Waals surface area contributed by atoms with E-state index in [4.69, 9.17) is 4.74 Å². The molecule has 0 saturated heterocycles. The van der Waals surface area contributed by atoms with Crippen LogP contribution < -0.4 is 9.11 Å². The zero-order chi connectivity index (χ0) is 26.6. The minimum Gasteiger partial charge on any atom is -0.380 e. The molecule has 192 valence electrons. The number of nitrogens with zero attached hydrogens (tertiary/aromatic N) is 4. The van der Waals surface area contributed by atoms with Gasteiger partial charge in [-0.25, -0.2) is 8.42 Å². The minimum absolute atomic E-state index is 0.0383. The van der Waals surface area contributed by atoms with Crippen molar-refractivity contribution < 1.29 is 22.9 Å². The summed E-state index contributed by atoms with van der Waals surface area (Å²) in [5.74, 6) is -0.563. The van der Waals surface area contributed by atoms with E-state index < -0.39 is 20.9 Å². The van der Waals surface area contributed by atoms with E-state index >= 15 is 0 Å². The van der Waals surface area contributed by atoms with Crippen LogP contribution in [-0.2, 0) is 21.3 Å². The van der Waals surface area contributed by atoms with Gasteiger partial charge < -0.3 is 9.30 Å². The van der Waals surface area contributed by atoms with Gasteiger partial charge in [0.15, 0.2) is 4.80 Å². The second kappa shape index (κ2) is 11.0. The number of non-ortho nitro benzene ring substituents is 1. The summed E-state index contributed by atoms with van der Waals surface area (Å²) in [4.78, 5) is 28.4. The summed E-state index contributed by atoms with van der Waals surface area (Å²) in [5, 5.41) is 11.2. The molecule has 4 rings (SSSR count). The fraction of sp³-hybridized carbons (Fsp3) is 0.200. The van der Waals surface area contributed by atoms with Crippen molar-refractivity contribution in [3.63, 3.8) is 0 Å². The lowest BCUT2D eigenvalue weighted by Gasteiger charge is -2.19. The summed E-state index contributed by atoms with van der Waals surface area (Å²) in [6.45, 7) is 3.17. The normalized spacial score (nSPS) is 12.1. The largest absolute Gasteiger partial charge is 0.380 e. The van der Waals surface area contributed by atoms with E-state index in [9.17, 15) is 23.3 Å². The Bertz CT molecular complexity index is 1610. The van der Waals surface area contributed by atoms with Crippen molar-refractivity contribution in [2.75, 3.05) is 24.6 Å². The van der Waals surface area contributed by atoms with Gasteiger partial charge in [-0.1, -0.05) is 29.5 Å². The van der Waals surface area contributed by atoms with Gasteiger partial charge in [0, 0.05) is 37.9 Å². The number of aromatic nitrogens is 1. The zero-order valence-electron chi connectivity index (χ0n) is 20.1. The topological polar surface area (TPSA) is 124 Å². The van der Waals surface area contributed by atoms with E-state index in [-0.39, 0.29) is 16.1 Å². The predicted molar refractivity (Wildman–Crippen MR) is 141 cm³/mol. The number of rotatable bonds is 9. The number of hydrogen-bond donors (Lipinski definition) is 0. The monoisotopic (exact) mass is 540 g/mol. The molecule has 0 unspecified atom stereocenters. The van der Waals surface area contributed by atoms with Gasteiger partial charge in [-0.2, -0.15) is 4.99 Å². The van der Waals surface area contributed by atoms with Crippen LogP contribution in [0, 0.1) is 10.1 Å². The smallest absolute Gasteiger partial charge is 0.279 e. The third kappa shape index (κ3) is 5.61. The Morgan fingerprint density at radius 2 is 1.81 bits per heavy atom. The van der Waals surface area contributed by atoms with Crippen molar-refractivity contribution in [2.24, 2.45) is 4.99 Å². The van der Waals surface area contributed by atoms with Crippen LogP contribution in [0.1, 0.15) is 17.3 Å². The molecule has 10 nitrogen and oxygen atoms in total. The minimum atomic E-state index is -3.82. The molecule has 0 aliphatic heterocycles. The molecule has 1 aromatic heterocycles. The van der Waals surface area contributed by atoms with Crippen molar-refractivity contribution in [1.82, 2.24) is 4.57 Å². The standard InChI is InChI=1S/C25H24N4O6S2/c1-3-35-16-15-28-22-14-11-20(29(31)32)17-23(22)36-25(28)26-24(30)18-9-12-21(13-10-18)37(33,34)27(2)19-7-5-4-6-8-19/h4-14,17H,3,15-16H2,1-2H3. The third-order valence-electron chi connectivity index (χ3n) is 5.62. The first-order valence-electron chi connectivity index (χ1n) is 11.3. The maximum Gasteiger partial charge on any atom is 0.279 e. The number of thiazole rings is 1. The highest BCUT2D eigenvalue weighted by atomic mass is 32.2. The number of amides is 1. The molecule has 1 heterocycles. The average Bonchev–Trinajstić information content (AvgIpc) is 3.24. The summed E-state index contributed by atoms with van der Waals surface area (Å²) >= 11 is 1.16. The van der Waals surface area contributed by atoms with Crippen molar-refractivity contribution in [1.29, 1.82) is 0 Å². The summed E-state index contributed by atoms with van der Waals surface area (Å²) in [6, 6.07) is 18.7. The molecule has 0 fully saturated rings. The van der Waals surface area contributed by atoms with Gasteiger partial charge in [0.25, 0.3) is 21.6 Å². The Morgan fingerprint density at radius 3 is 2.46 bits per heavy atom. The lowest BCUT2D eigenvalue weighted by atomic mass is 10.2. The highest BCUT2D eigenvalue weighted by Crippen LogP contribution is 2.24. The molecule has 0 spiro atoms. The van der Waals surface area contributed by atoms with E-state index in [0.29, 0.717) is 40.5 Å². The Labute approximate surface area is 217 Å². The molecular weight excluding hydrogens is 516 g/mol. The second-order valence-corrected chi connectivity index (χ2v) is 10.9. The summed E-state index contributed by atoms with van der Waals surface area (Å²) in [5.41, 5.74) is 1.37. The highest BCUT2D eigenvalue weighted by molar-refractivity contribution is 7.92. The van der Waals surface area contributed by atoms with E-state index in [0.717, 1.165) is 11.3 Å². The maximum absolute atomic E-state index is 13.0. The maximum atomic E-state index is 13.0. The van der Waals surface area contributed by atoms with Crippen molar-refractivity contribution >= 4 is 48.9 Å². The number of nitro benzene ring substituents is 1. The SMILES string of the molecule is CCOCCn1c(=NC(=O)c2ccc(S(=O)(=O)N(C)c3ccccc3)cc2)sc2cc([N+](=O)[O-])ccc21. The summed E-state index contributed by atoms with van der Waals surface area (Å²) in [7, 11) is -2.36. The number of para-hydroxylation sites is 1. The number of fused-ring (bicyclic) bond motifs is 1. The van der Waals surface area contributed by atoms with Gasteiger partial charge in [-0.15, -0.1) is 0 Å². The second-order valence-electron chi connectivity index (χ2n) is 7.89. The van der Waals surface area contributed by atoms with Crippen LogP contribution in [0.25, 0.3) is 10.2 Å². The molecular formula is C25H24N4O6S2. The Hall–Kier alpha value is -3.87. The van der Waals surface area contributed by atoms with Gasteiger partial charge in [-0.3, -0.25) is 19.2 Å². The van der Waals surface area contributed by atoms with Crippen molar-refractivity contribution in [2.45, 2.75) is 18.4 Å². The van der Waals surface area contributed by atoms with Crippen LogP contribution in [0.3, 0.4) is 0 Å². The van der Waals surface area contributed by atoms with Crippen LogP contribution in [0.4, 0.5) is 11.4 Å². The molecule has 1 amide bonds. The van der Waals surface area contributed by atoms with Crippen LogP contribution >= 0.6 is 11.3 Å². The quantitative estimate of drug-likeness (QED) is 0.178. The molecule has 0 atom stereocenters. The van der Waals surface area contributed by atoms with Crippen molar-refractivity contribution in [3.05, 3.63) is 93.3 Å². The highest BCUT2D eigenvalue weighted by Gasteiger charge is 2.21. The number of benzene rings is 3. The molecule has 0 aliphatic carbocycles. The van der Waals surface area contributed by atoms with Crippen molar-refractivity contribution in [3.8, 4) is 0 Å². The third-order valence-corrected chi connectivity index (χ3v) is 8.46.